The molecule has 1 aromatic heterocycles. The van der Waals surface area contributed by atoms with Crippen LogP contribution in [-0.2, 0) is 6.54 Å². The average molecular weight is 378 g/mol. The molecule has 2 N–H and O–H groups in total. The summed E-state index contributed by atoms with van der Waals surface area (Å²) in [6.07, 6.45) is -4.87. The van der Waals surface area contributed by atoms with Crippen LogP contribution in [0.2, 0.25) is 0 Å². The van der Waals surface area contributed by atoms with Crippen molar-refractivity contribution in [1.29, 1.82) is 0 Å². The van der Waals surface area contributed by atoms with Gasteiger partial charge in [-0.15, -0.1) is 13.2 Å². The molecule has 2 heterocycles. The first-order valence-corrected chi connectivity index (χ1v) is 8.13. The highest BCUT2D eigenvalue weighted by Crippen LogP contribution is 2.27. The Morgan fingerprint density at radius 3 is 2.70 bits per heavy atom. The second-order valence-corrected chi connectivity index (χ2v) is 6.06. The van der Waals surface area contributed by atoms with E-state index in [-0.39, 0.29) is 12.1 Å². The predicted octanol–water partition coefficient (Wildman–Crippen LogP) is 3.49. The molecule has 0 saturated carbocycles. The maximum atomic E-state index is 12.5. The van der Waals surface area contributed by atoms with Gasteiger partial charge in [0, 0.05) is 11.3 Å². The Balaban J connectivity index is 1.69. The number of aromatic nitrogens is 2. The molecule has 0 bridgehead atoms. The van der Waals surface area contributed by atoms with Crippen LogP contribution in [0.3, 0.4) is 0 Å². The van der Waals surface area contributed by atoms with Gasteiger partial charge in [-0.1, -0.05) is 12.1 Å². The average Bonchev–Trinajstić information content (AvgIpc) is 3.18. The molecule has 0 saturated heterocycles. The molecule has 1 aliphatic heterocycles. The maximum absolute atomic E-state index is 12.5. The van der Waals surface area contributed by atoms with Gasteiger partial charge in [0.1, 0.15) is 5.75 Å². The summed E-state index contributed by atoms with van der Waals surface area (Å²) in [5, 5.41) is 9.61. The summed E-state index contributed by atoms with van der Waals surface area (Å²) >= 11 is 0. The van der Waals surface area contributed by atoms with Crippen LogP contribution in [0.15, 0.2) is 40.9 Å². The molecule has 0 spiro atoms. The van der Waals surface area contributed by atoms with E-state index in [1.54, 1.807) is 6.07 Å². The molecule has 0 radical (unpaired) electrons. The van der Waals surface area contributed by atoms with Crippen molar-refractivity contribution < 1.29 is 22.7 Å². The summed E-state index contributed by atoms with van der Waals surface area (Å²) < 4.78 is 41.3. The van der Waals surface area contributed by atoms with Gasteiger partial charge in [0.25, 0.3) is 5.91 Å². The van der Waals surface area contributed by atoms with Crippen molar-refractivity contribution in [3.8, 4) is 5.75 Å². The van der Waals surface area contributed by atoms with E-state index in [1.807, 2.05) is 13.8 Å². The molecule has 0 atom stereocenters. The summed E-state index contributed by atoms with van der Waals surface area (Å²) in [7, 11) is 0. The fraction of sp³-hybridized carbons (Fsp3) is 0.278. The van der Waals surface area contributed by atoms with Gasteiger partial charge < -0.3 is 10.1 Å². The summed E-state index contributed by atoms with van der Waals surface area (Å²) in [6, 6.07) is 6.96. The third kappa shape index (κ3) is 4.36. The third-order valence-corrected chi connectivity index (χ3v) is 4.03. The third-order valence-electron chi connectivity index (χ3n) is 4.03. The fourth-order valence-corrected chi connectivity index (χ4v) is 2.83. The number of para-hydroxylation sites is 1. The first-order chi connectivity index (χ1) is 12.7. The zero-order valence-electron chi connectivity index (χ0n) is 14.6. The lowest BCUT2D eigenvalue weighted by atomic mass is 10.0. The van der Waals surface area contributed by atoms with Crippen molar-refractivity contribution in [3.63, 3.8) is 0 Å². The van der Waals surface area contributed by atoms with Crippen molar-refractivity contribution in [1.82, 2.24) is 15.5 Å². The fourth-order valence-electron chi connectivity index (χ4n) is 2.83. The van der Waals surface area contributed by atoms with E-state index < -0.39 is 18.0 Å². The van der Waals surface area contributed by atoms with Gasteiger partial charge in [0.05, 0.1) is 30.0 Å². The number of ether oxygens (including phenoxy) is 1. The molecule has 3 rings (SSSR count). The number of nitrogens with one attached hydrogen (secondary N) is 2. The van der Waals surface area contributed by atoms with E-state index in [9.17, 15) is 18.0 Å². The number of halogens is 3. The molecule has 1 amide bonds. The predicted molar refractivity (Wildman–Crippen MR) is 93.5 cm³/mol. The summed E-state index contributed by atoms with van der Waals surface area (Å²) in [4.78, 5) is 16.6. The lowest BCUT2D eigenvalue weighted by molar-refractivity contribution is -0.274. The Morgan fingerprint density at radius 2 is 2.04 bits per heavy atom. The Hall–Kier alpha value is -3.10. The van der Waals surface area contributed by atoms with Crippen molar-refractivity contribution in [2.24, 2.45) is 4.99 Å². The van der Waals surface area contributed by atoms with Gasteiger partial charge in [0.2, 0.25) is 0 Å². The molecule has 9 heteroatoms. The molecule has 0 aliphatic carbocycles. The van der Waals surface area contributed by atoms with Gasteiger partial charge in [-0.25, -0.2) is 0 Å². The Labute approximate surface area is 153 Å². The largest absolute Gasteiger partial charge is 0.573 e. The van der Waals surface area contributed by atoms with E-state index in [1.165, 1.54) is 18.2 Å². The molecule has 0 fully saturated rings. The smallest absolute Gasteiger partial charge is 0.405 e. The summed E-state index contributed by atoms with van der Waals surface area (Å²) in [6.45, 7) is 4.59. The van der Waals surface area contributed by atoms with Crippen LogP contribution in [0.25, 0.3) is 5.57 Å². The number of rotatable bonds is 5. The zero-order valence-corrected chi connectivity index (χ0v) is 14.6. The molecule has 27 heavy (non-hydrogen) atoms. The summed E-state index contributed by atoms with van der Waals surface area (Å²) in [5.74, 6) is -1.23. The second-order valence-electron chi connectivity index (χ2n) is 6.06. The van der Waals surface area contributed by atoms with Crippen molar-refractivity contribution in [2.75, 3.05) is 6.54 Å². The van der Waals surface area contributed by atoms with Gasteiger partial charge in [0.15, 0.2) is 0 Å². The molecular formula is C18H17F3N4O2. The highest BCUT2D eigenvalue weighted by Gasteiger charge is 2.32. The number of hydrogen-bond acceptors (Lipinski definition) is 4. The topological polar surface area (TPSA) is 79.4 Å². The Morgan fingerprint density at radius 1 is 1.30 bits per heavy atom. The first kappa shape index (κ1) is 18.7. The Bertz CT molecular complexity index is 929. The highest BCUT2D eigenvalue weighted by atomic mass is 19.4. The number of allylic oxidation sites excluding steroid dienone is 1. The van der Waals surface area contributed by atoms with E-state index in [0.717, 1.165) is 28.6 Å². The molecule has 2 aromatic rings. The maximum Gasteiger partial charge on any atom is 0.573 e. The molecule has 6 nitrogen and oxygen atoms in total. The van der Waals surface area contributed by atoms with Crippen LogP contribution in [0.1, 0.15) is 35.6 Å². The highest BCUT2D eigenvalue weighted by molar-refractivity contribution is 6.24. The normalized spacial score (nSPS) is 14.3. The van der Waals surface area contributed by atoms with E-state index in [4.69, 9.17) is 0 Å². The number of amides is 1. The van der Waals surface area contributed by atoms with Crippen molar-refractivity contribution >= 4 is 17.2 Å². The van der Waals surface area contributed by atoms with Crippen LogP contribution in [0, 0.1) is 0 Å². The number of benzene rings is 1. The number of H-pyrrole nitrogens is 1. The van der Waals surface area contributed by atoms with Crippen LogP contribution in [0.5, 0.6) is 5.75 Å². The molecule has 0 unspecified atom stereocenters. The lowest BCUT2D eigenvalue weighted by Gasteiger charge is -2.12. The number of carbonyl (C=O) groups excluding carboxylic acids is 1. The number of aliphatic imine (C=N–C) groups is 1. The van der Waals surface area contributed by atoms with E-state index >= 15 is 0 Å². The standard InChI is InChI=1S/C18H17F3N4O2/c1-10-8-22-11(2)16(10)14-7-12(24-25-14)9-23-17(26)13-5-3-4-6-15(13)27-18(19,20)21/h3-7H,8-9H2,1-2H3,(H,23,26)(H,24,25). The monoisotopic (exact) mass is 378 g/mol. The van der Waals surface area contributed by atoms with E-state index in [0.29, 0.717) is 12.2 Å². The molecular weight excluding hydrogens is 361 g/mol. The quantitative estimate of drug-likeness (QED) is 0.836. The van der Waals surface area contributed by atoms with Crippen molar-refractivity contribution in [2.45, 2.75) is 26.8 Å². The van der Waals surface area contributed by atoms with E-state index in [2.05, 4.69) is 25.2 Å². The number of nitrogens with zero attached hydrogens (tertiary/aromatic N) is 2. The SMILES string of the molecule is CC1=NCC(C)=C1c1cc(CNC(=O)c2ccccc2OC(F)(F)F)[nH]n1. The first-order valence-electron chi connectivity index (χ1n) is 8.13. The second kappa shape index (κ2) is 7.26. The minimum Gasteiger partial charge on any atom is -0.405 e. The number of aromatic amines is 1. The van der Waals surface area contributed by atoms with Crippen LogP contribution < -0.4 is 10.1 Å². The van der Waals surface area contributed by atoms with Gasteiger partial charge in [-0.05, 0) is 37.6 Å². The molecule has 1 aromatic carbocycles. The summed E-state index contributed by atoms with van der Waals surface area (Å²) in [5.41, 5.74) is 4.10. The van der Waals surface area contributed by atoms with Crippen LogP contribution in [-0.4, -0.2) is 34.7 Å². The lowest BCUT2D eigenvalue weighted by Crippen LogP contribution is -2.25. The molecule has 142 valence electrons. The molecule has 1 aliphatic rings. The van der Waals surface area contributed by atoms with Crippen LogP contribution in [0.4, 0.5) is 13.2 Å². The Kier molecular flexibility index (Phi) is 5.02. The van der Waals surface area contributed by atoms with Crippen molar-refractivity contribution in [3.05, 3.63) is 52.9 Å². The number of alkyl halides is 3. The van der Waals surface area contributed by atoms with Gasteiger partial charge in [-0.3, -0.25) is 14.9 Å². The minimum absolute atomic E-state index is 0.0781. The number of hydrogen-bond donors (Lipinski definition) is 2. The zero-order chi connectivity index (χ0) is 19.6. The van der Waals surface area contributed by atoms with Gasteiger partial charge in [-0.2, -0.15) is 5.10 Å². The van der Waals surface area contributed by atoms with Gasteiger partial charge >= 0.3 is 6.36 Å². The number of carbonyl (C=O) groups is 1. The minimum atomic E-state index is -4.87. The van der Waals surface area contributed by atoms with Crippen LogP contribution >= 0.6 is 0 Å².